The Morgan fingerprint density at radius 3 is 2.65 bits per heavy atom. The van der Waals surface area contributed by atoms with Gasteiger partial charge in [-0.3, -0.25) is 5.43 Å². The number of benzene rings is 1. The lowest BCUT2D eigenvalue weighted by Gasteiger charge is -2.11. The molecule has 1 aromatic carbocycles. The summed E-state index contributed by atoms with van der Waals surface area (Å²) in [7, 11) is 4.72. The van der Waals surface area contributed by atoms with E-state index in [2.05, 4.69) is 37.5 Å². The molecule has 26 heavy (non-hydrogen) atoms. The van der Waals surface area contributed by atoms with Crippen LogP contribution in [-0.4, -0.2) is 32.5 Å². The summed E-state index contributed by atoms with van der Waals surface area (Å²) in [6, 6.07) is 7.60. The molecule has 0 saturated carbocycles. The van der Waals surface area contributed by atoms with Crippen molar-refractivity contribution < 1.29 is 14.2 Å². The van der Waals surface area contributed by atoms with Crippen molar-refractivity contribution in [2.45, 2.75) is 13.5 Å². The zero-order valence-corrected chi connectivity index (χ0v) is 16.5. The second-order valence-electron chi connectivity index (χ2n) is 5.30. The van der Waals surface area contributed by atoms with Crippen LogP contribution < -0.4 is 14.9 Å². The number of nitrogens with one attached hydrogen (secondary N) is 1. The van der Waals surface area contributed by atoms with Crippen LogP contribution in [-0.2, 0) is 11.3 Å². The second kappa shape index (κ2) is 9.17. The number of nitrogens with zero attached hydrogens (tertiary/aromatic N) is 3. The molecule has 0 fully saturated rings. The Morgan fingerprint density at radius 2 is 2.04 bits per heavy atom. The summed E-state index contributed by atoms with van der Waals surface area (Å²) >= 11 is 3.44. The van der Waals surface area contributed by atoms with Crippen molar-refractivity contribution in [1.29, 1.82) is 5.26 Å². The topological polar surface area (TPSA) is 88.8 Å². The van der Waals surface area contributed by atoms with E-state index in [4.69, 9.17) is 14.2 Å². The number of hydrogen-bond acceptors (Lipinski definition) is 7. The van der Waals surface area contributed by atoms with Gasteiger partial charge in [0, 0.05) is 18.4 Å². The van der Waals surface area contributed by atoms with Crippen molar-refractivity contribution in [3.63, 3.8) is 0 Å². The number of methoxy groups -OCH3 is 3. The normalized spacial score (nSPS) is 10.6. The van der Waals surface area contributed by atoms with Crippen LogP contribution in [0.3, 0.4) is 0 Å². The highest BCUT2D eigenvalue weighted by Gasteiger charge is 2.12. The van der Waals surface area contributed by atoms with Gasteiger partial charge in [-0.1, -0.05) is 0 Å². The van der Waals surface area contributed by atoms with Crippen LogP contribution in [0.1, 0.15) is 22.4 Å². The minimum Gasteiger partial charge on any atom is -0.493 e. The van der Waals surface area contributed by atoms with Crippen LogP contribution in [0.2, 0.25) is 0 Å². The molecule has 0 unspecified atom stereocenters. The molecule has 1 N–H and O–H groups in total. The number of anilines is 1. The molecule has 7 nitrogen and oxygen atoms in total. The van der Waals surface area contributed by atoms with Crippen LogP contribution in [0.4, 0.5) is 5.82 Å². The van der Waals surface area contributed by atoms with Crippen molar-refractivity contribution >= 4 is 28.0 Å². The third kappa shape index (κ3) is 4.50. The lowest BCUT2D eigenvalue weighted by atomic mass is 10.1. The molecule has 0 spiro atoms. The molecule has 0 amide bonds. The average molecular weight is 419 g/mol. The third-order valence-electron chi connectivity index (χ3n) is 3.48. The highest BCUT2D eigenvalue weighted by atomic mass is 79.9. The average Bonchev–Trinajstić information content (AvgIpc) is 2.61. The van der Waals surface area contributed by atoms with Gasteiger partial charge in [0.15, 0.2) is 17.3 Å². The Labute approximate surface area is 160 Å². The number of hydrazone groups is 1. The fourth-order valence-corrected chi connectivity index (χ4v) is 3.02. The maximum Gasteiger partial charge on any atom is 0.174 e. The molecule has 2 aromatic rings. The van der Waals surface area contributed by atoms with Crippen LogP contribution >= 0.6 is 15.9 Å². The number of nitriles is 1. The number of hydrogen-bond donors (Lipinski definition) is 1. The summed E-state index contributed by atoms with van der Waals surface area (Å²) in [5, 5.41) is 13.6. The first-order chi connectivity index (χ1) is 12.5. The summed E-state index contributed by atoms with van der Waals surface area (Å²) < 4.78 is 16.5. The fraction of sp³-hybridized carbons (Fsp3) is 0.278. The number of pyridine rings is 1. The Balaban J connectivity index is 2.29. The molecule has 8 heteroatoms. The van der Waals surface area contributed by atoms with Crippen molar-refractivity contribution in [3.05, 3.63) is 45.1 Å². The molecule has 0 radical (unpaired) electrons. The molecule has 2 rings (SSSR count). The monoisotopic (exact) mass is 418 g/mol. The summed E-state index contributed by atoms with van der Waals surface area (Å²) in [5.74, 6) is 1.57. The van der Waals surface area contributed by atoms with Gasteiger partial charge in [-0.15, -0.1) is 0 Å². The predicted octanol–water partition coefficient (Wildman–Crippen LogP) is 3.63. The molecule has 0 saturated heterocycles. The van der Waals surface area contributed by atoms with Gasteiger partial charge in [0.05, 0.1) is 31.5 Å². The summed E-state index contributed by atoms with van der Waals surface area (Å²) in [5.41, 5.74) is 5.54. The van der Waals surface area contributed by atoms with E-state index in [1.165, 1.54) is 0 Å². The highest BCUT2D eigenvalue weighted by Crippen LogP contribution is 2.35. The molecule has 1 heterocycles. The van der Waals surface area contributed by atoms with E-state index in [9.17, 15) is 5.26 Å². The van der Waals surface area contributed by atoms with Gasteiger partial charge < -0.3 is 14.2 Å². The van der Waals surface area contributed by atoms with Gasteiger partial charge in [0.25, 0.3) is 0 Å². The number of rotatable bonds is 7. The molecule has 0 atom stereocenters. The maximum atomic E-state index is 9.42. The molecule has 0 bridgehead atoms. The number of ether oxygens (including phenoxy) is 3. The van der Waals surface area contributed by atoms with Gasteiger partial charge >= 0.3 is 0 Å². The van der Waals surface area contributed by atoms with Crippen LogP contribution in [0.15, 0.2) is 27.8 Å². The first-order valence-electron chi connectivity index (χ1n) is 7.64. The maximum absolute atomic E-state index is 9.42. The second-order valence-corrected chi connectivity index (χ2v) is 6.15. The first-order valence-corrected chi connectivity index (χ1v) is 8.43. The molecule has 136 valence electrons. The van der Waals surface area contributed by atoms with E-state index in [1.807, 2.05) is 19.1 Å². The van der Waals surface area contributed by atoms with Crippen LogP contribution in [0.5, 0.6) is 11.5 Å². The molecule has 0 aliphatic carbocycles. The van der Waals surface area contributed by atoms with Crippen LogP contribution in [0.25, 0.3) is 0 Å². The SMILES string of the molecule is COCc1cc(C)nc(N/N=C/c2cc(Br)c(OC)c(OC)c2)c1C#N. The molecule has 0 aliphatic heterocycles. The third-order valence-corrected chi connectivity index (χ3v) is 4.07. The minimum absolute atomic E-state index is 0.327. The van der Waals surface area contributed by atoms with Crippen molar-refractivity contribution in [1.82, 2.24) is 4.98 Å². The van der Waals surface area contributed by atoms with E-state index in [-0.39, 0.29) is 0 Å². The van der Waals surface area contributed by atoms with E-state index in [1.54, 1.807) is 33.6 Å². The Bertz CT molecular complexity index is 862. The number of aromatic nitrogens is 1. The number of aryl methyl sites for hydroxylation is 1. The first kappa shape index (κ1) is 19.7. The molecule has 1 aromatic heterocycles. The summed E-state index contributed by atoms with van der Waals surface area (Å²) in [6.45, 7) is 2.17. The van der Waals surface area contributed by atoms with Gasteiger partial charge in [-0.2, -0.15) is 10.4 Å². The van der Waals surface area contributed by atoms with Crippen molar-refractivity contribution in [3.8, 4) is 17.6 Å². The van der Waals surface area contributed by atoms with Gasteiger partial charge in [0.2, 0.25) is 0 Å². The smallest absolute Gasteiger partial charge is 0.174 e. The molecular formula is C18H19BrN4O3. The fourth-order valence-electron chi connectivity index (χ4n) is 2.40. The molecule has 0 aliphatic rings. The zero-order chi connectivity index (χ0) is 19.1. The van der Waals surface area contributed by atoms with Crippen molar-refractivity contribution in [2.75, 3.05) is 26.8 Å². The molecular weight excluding hydrogens is 400 g/mol. The largest absolute Gasteiger partial charge is 0.493 e. The van der Waals surface area contributed by atoms with E-state index in [0.717, 1.165) is 21.3 Å². The van der Waals surface area contributed by atoms with E-state index in [0.29, 0.717) is 29.5 Å². The van der Waals surface area contributed by atoms with Crippen LogP contribution in [0, 0.1) is 18.3 Å². The predicted molar refractivity (Wildman–Crippen MR) is 103 cm³/mol. The lowest BCUT2D eigenvalue weighted by Crippen LogP contribution is -2.03. The summed E-state index contributed by atoms with van der Waals surface area (Å²) in [4.78, 5) is 4.34. The Hall–Kier alpha value is -2.63. The van der Waals surface area contributed by atoms with Gasteiger partial charge in [-0.25, -0.2) is 4.98 Å². The van der Waals surface area contributed by atoms with E-state index < -0.39 is 0 Å². The van der Waals surface area contributed by atoms with Gasteiger partial charge in [0.1, 0.15) is 11.6 Å². The Morgan fingerprint density at radius 1 is 1.27 bits per heavy atom. The van der Waals surface area contributed by atoms with Crippen molar-refractivity contribution in [2.24, 2.45) is 5.10 Å². The minimum atomic E-state index is 0.327. The Kier molecular flexibility index (Phi) is 6.95. The van der Waals surface area contributed by atoms with E-state index >= 15 is 0 Å². The van der Waals surface area contributed by atoms with Gasteiger partial charge in [-0.05, 0) is 46.6 Å². The number of halogens is 1. The highest BCUT2D eigenvalue weighted by molar-refractivity contribution is 9.10. The standard InChI is InChI=1S/C18H19BrN4O3/c1-11-5-13(10-24-2)14(8-20)18(22-11)23-21-9-12-6-15(19)17(26-4)16(7-12)25-3/h5-7,9H,10H2,1-4H3,(H,22,23)/b21-9+. The summed E-state index contributed by atoms with van der Waals surface area (Å²) in [6.07, 6.45) is 1.61. The zero-order valence-electron chi connectivity index (χ0n) is 15.0. The lowest BCUT2D eigenvalue weighted by molar-refractivity contribution is 0.184. The quantitative estimate of drug-likeness (QED) is 0.545.